The number of rotatable bonds is 2. The molecule has 1 fully saturated rings. The molecule has 4 nitrogen and oxygen atoms in total. The van der Waals surface area contributed by atoms with Crippen LogP contribution in [0.2, 0.25) is 0 Å². The zero-order valence-electron chi connectivity index (χ0n) is 10.4. The summed E-state index contributed by atoms with van der Waals surface area (Å²) in [7, 11) is 0. The monoisotopic (exact) mass is 229 g/mol. The van der Waals surface area contributed by atoms with Crippen LogP contribution in [0.25, 0.3) is 0 Å². The minimum Gasteiger partial charge on any atom is -0.465 e. The van der Waals surface area contributed by atoms with E-state index in [0.29, 0.717) is 0 Å². The van der Waals surface area contributed by atoms with Crippen LogP contribution in [0.1, 0.15) is 46.5 Å². The summed E-state index contributed by atoms with van der Waals surface area (Å²) in [5.41, 5.74) is -0.367. The molecule has 1 amide bonds. The summed E-state index contributed by atoms with van der Waals surface area (Å²) >= 11 is 0. The molecule has 0 unspecified atom stereocenters. The van der Waals surface area contributed by atoms with E-state index in [1.165, 1.54) is 0 Å². The molecule has 0 bridgehead atoms. The van der Waals surface area contributed by atoms with Crippen molar-refractivity contribution in [1.29, 1.82) is 0 Å². The fourth-order valence-electron chi connectivity index (χ4n) is 2.65. The lowest BCUT2D eigenvalue weighted by Gasteiger charge is -2.42. The molecule has 16 heavy (non-hydrogen) atoms. The number of carboxylic acid groups (broad SMARTS) is 1. The van der Waals surface area contributed by atoms with Crippen LogP contribution in [0.15, 0.2) is 0 Å². The van der Waals surface area contributed by atoms with Gasteiger partial charge in [-0.2, -0.15) is 0 Å². The summed E-state index contributed by atoms with van der Waals surface area (Å²) in [5, 5.41) is 18.4. The Kier molecular flexibility index (Phi) is 4.19. The molecule has 4 heteroatoms. The molecule has 2 N–H and O–H groups in total. The minimum atomic E-state index is -0.851. The van der Waals surface area contributed by atoms with Gasteiger partial charge in [0.2, 0.25) is 0 Å². The Hall–Kier alpha value is -0.770. The summed E-state index contributed by atoms with van der Waals surface area (Å²) < 4.78 is 0. The summed E-state index contributed by atoms with van der Waals surface area (Å²) in [6.45, 7) is 5.94. The first-order chi connectivity index (χ1) is 7.36. The average Bonchev–Trinajstić information content (AvgIpc) is 2.15. The van der Waals surface area contributed by atoms with Crippen LogP contribution in [-0.4, -0.2) is 39.4 Å². The maximum absolute atomic E-state index is 11.3. The Bertz CT molecular complexity index is 247. The average molecular weight is 229 g/mol. The number of hydrogen-bond donors (Lipinski definition) is 2. The van der Waals surface area contributed by atoms with Gasteiger partial charge in [-0.05, 0) is 46.0 Å². The van der Waals surface area contributed by atoms with Crippen molar-refractivity contribution in [3.8, 4) is 0 Å². The zero-order valence-corrected chi connectivity index (χ0v) is 10.4. The third kappa shape index (κ3) is 3.11. The van der Waals surface area contributed by atoms with Crippen LogP contribution in [0.5, 0.6) is 0 Å². The third-order valence-electron chi connectivity index (χ3n) is 3.31. The van der Waals surface area contributed by atoms with Crippen molar-refractivity contribution >= 4 is 6.09 Å². The fraction of sp³-hybridized carbons (Fsp3) is 0.917. The zero-order chi connectivity index (χ0) is 12.3. The van der Waals surface area contributed by atoms with E-state index >= 15 is 0 Å². The van der Waals surface area contributed by atoms with Crippen molar-refractivity contribution < 1.29 is 15.0 Å². The number of hydrogen-bond acceptors (Lipinski definition) is 2. The molecule has 1 saturated carbocycles. The van der Waals surface area contributed by atoms with Crippen LogP contribution in [0, 0.1) is 5.92 Å². The lowest BCUT2D eigenvalue weighted by atomic mass is 9.84. The summed E-state index contributed by atoms with van der Waals surface area (Å²) in [5.74, 6) is 0.267. The van der Waals surface area contributed by atoms with Crippen molar-refractivity contribution in [2.45, 2.75) is 58.0 Å². The van der Waals surface area contributed by atoms with Crippen molar-refractivity contribution in [2.75, 3.05) is 6.61 Å². The van der Waals surface area contributed by atoms with Gasteiger partial charge in [-0.1, -0.05) is 6.42 Å². The lowest BCUT2D eigenvalue weighted by molar-refractivity contribution is 0.0393. The van der Waals surface area contributed by atoms with Crippen molar-refractivity contribution in [3.05, 3.63) is 0 Å². The normalized spacial score (nSPS) is 26.5. The van der Waals surface area contributed by atoms with Gasteiger partial charge >= 0.3 is 6.09 Å². The highest BCUT2D eigenvalue weighted by molar-refractivity contribution is 5.66. The standard InChI is InChI=1S/C12H23NO3/c1-12(2,3)13(11(15)16)10-6-4-5-9(7-10)8-14/h9-10,14H,4-8H2,1-3H3,(H,15,16)/t9-,10-/m0/s1. The highest BCUT2D eigenvalue weighted by atomic mass is 16.4. The molecule has 94 valence electrons. The van der Waals surface area contributed by atoms with Gasteiger partial charge in [-0.25, -0.2) is 4.79 Å². The smallest absolute Gasteiger partial charge is 0.407 e. The molecule has 0 aromatic heterocycles. The second-order valence-electron chi connectivity index (χ2n) is 5.69. The van der Waals surface area contributed by atoms with Gasteiger partial charge in [-0.3, -0.25) is 0 Å². The van der Waals surface area contributed by atoms with E-state index in [-0.39, 0.29) is 24.1 Å². The predicted octanol–water partition coefficient (Wildman–Crippen LogP) is 2.32. The molecule has 0 heterocycles. The van der Waals surface area contributed by atoms with Gasteiger partial charge in [0.25, 0.3) is 0 Å². The first-order valence-corrected chi connectivity index (χ1v) is 5.99. The Morgan fingerprint density at radius 2 is 2.00 bits per heavy atom. The maximum Gasteiger partial charge on any atom is 0.407 e. The number of amides is 1. The second-order valence-corrected chi connectivity index (χ2v) is 5.69. The Morgan fingerprint density at radius 1 is 1.38 bits per heavy atom. The van der Waals surface area contributed by atoms with Gasteiger partial charge in [-0.15, -0.1) is 0 Å². The molecule has 1 rings (SSSR count). The quantitative estimate of drug-likeness (QED) is 0.764. The number of aliphatic hydroxyl groups excluding tert-OH is 1. The van der Waals surface area contributed by atoms with Crippen LogP contribution in [-0.2, 0) is 0 Å². The van der Waals surface area contributed by atoms with E-state index in [2.05, 4.69) is 0 Å². The van der Waals surface area contributed by atoms with E-state index in [1.54, 1.807) is 4.90 Å². The van der Waals surface area contributed by atoms with Crippen LogP contribution < -0.4 is 0 Å². The Balaban J connectivity index is 2.75. The lowest BCUT2D eigenvalue weighted by Crippen LogP contribution is -2.52. The van der Waals surface area contributed by atoms with Gasteiger partial charge in [0.1, 0.15) is 0 Å². The molecular weight excluding hydrogens is 206 g/mol. The molecule has 0 aromatic carbocycles. The predicted molar refractivity (Wildman–Crippen MR) is 62.4 cm³/mol. The van der Waals surface area contributed by atoms with Crippen LogP contribution >= 0.6 is 0 Å². The van der Waals surface area contributed by atoms with Crippen LogP contribution in [0.3, 0.4) is 0 Å². The molecule has 0 aromatic rings. The van der Waals surface area contributed by atoms with Gasteiger partial charge < -0.3 is 15.1 Å². The molecule has 0 spiro atoms. The van der Waals surface area contributed by atoms with Crippen molar-refractivity contribution in [1.82, 2.24) is 4.90 Å². The highest BCUT2D eigenvalue weighted by Gasteiger charge is 2.35. The summed E-state index contributed by atoms with van der Waals surface area (Å²) in [6.07, 6.45) is 2.89. The number of aliphatic hydroxyl groups is 1. The van der Waals surface area contributed by atoms with E-state index in [4.69, 9.17) is 5.11 Å². The van der Waals surface area contributed by atoms with E-state index < -0.39 is 6.09 Å². The first kappa shape index (κ1) is 13.3. The molecule has 1 aliphatic rings. The molecule has 0 radical (unpaired) electrons. The molecule has 2 atom stereocenters. The molecule has 1 aliphatic carbocycles. The van der Waals surface area contributed by atoms with Crippen molar-refractivity contribution in [2.24, 2.45) is 5.92 Å². The SMILES string of the molecule is CC(C)(C)N(C(=O)O)[C@H]1CCC[C@H](CO)C1. The molecule has 0 aliphatic heterocycles. The highest BCUT2D eigenvalue weighted by Crippen LogP contribution is 2.31. The van der Waals surface area contributed by atoms with Gasteiger partial charge in [0, 0.05) is 18.2 Å². The van der Waals surface area contributed by atoms with Gasteiger partial charge in [0.05, 0.1) is 0 Å². The maximum atomic E-state index is 11.3. The summed E-state index contributed by atoms with van der Waals surface area (Å²) in [6, 6.07) is 0.0587. The van der Waals surface area contributed by atoms with E-state index in [0.717, 1.165) is 25.7 Å². The van der Waals surface area contributed by atoms with Crippen molar-refractivity contribution in [3.63, 3.8) is 0 Å². The van der Waals surface area contributed by atoms with E-state index in [9.17, 15) is 9.90 Å². The topological polar surface area (TPSA) is 60.8 Å². The molecule has 0 saturated heterocycles. The van der Waals surface area contributed by atoms with Crippen LogP contribution in [0.4, 0.5) is 4.79 Å². The minimum absolute atomic E-state index is 0.0587. The number of nitrogens with zero attached hydrogens (tertiary/aromatic N) is 1. The third-order valence-corrected chi connectivity index (χ3v) is 3.31. The summed E-state index contributed by atoms with van der Waals surface area (Å²) in [4.78, 5) is 12.9. The van der Waals surface area contributed by atoms with Gasteiger partial charge in [0.15, 0.2) is 0 Å². The molecular formula is C12H23NO3. The first-order valence-electron chi connectivity index (χ1n) is 5.99. The fourth-order valence-corrected chi connectivity index (χ4v) is 2.65. The Labute approximate surface area is 97.3 Å². The second kappa shape index (κ2) is 5.04. The van der Waals surface area contributed by atoms with E-state index in [1.807, 2.05) is 20.8 Å². The largest absolute Gasteiger partial charge is 0.465 e. The number of carbonyl (C=O) groups is 1. The Morgan fingerprint density at radius 3 is 2.44 bits per heavy atom.